The van der Waals surface area contributed by atoms with E-state index >= 15 is 0 Å². The van der Waals surface area contributed by atoms with Crippen LogP contribution in [0.5, 0.6) is 0 Å². The maximum atomic E-state index is 13.7. The molecule has 1 aliphatic rings. The zero-order valence-electron chi connectivity index (χ0n) is 9.43. The average molecular weight is 224 g/mol. The van der Waals surface area contributed by atoms with Crippen LogP contribution >= 0.6 is 0 Å². The van der Waals surface area contributed by atoms with E-state index in [1.165, 1.54) is 0 Å². The molecule has 0 amide bonds. The standard InChI is InChI=1S/C12H14F2N2/c1-8-3-4-10(12(14)15-8)9-5-6-16(2)7-11(9)13/h3-4H,5-7H2,1-2H3. The molecule has 0 unspecified atom stereocenters. The number of hydrogen-bond acceptors (Lipinski definition) is 2. The van der Waals surface area contributed by atoms with Crippen LogP contribution in [0, 0.1) is 12.9 Å². The van der Waals surface area contributed by atoms with Crippen LogP contribution in [0.3, 0.4) is 0 Å². The smallest absolute Gasteiger partial charge is 0.220 e. The van der Waals surface area contributed by atoms with Gasteiger partial charge < -0.3 is 0 Å². The van der Waals surface area contributed by atoms with Crippen LogP contribution < -0.4 is 0 Å². The highest BCUT2D eigenvalue weighted by molar-refractivity contribution is 5.68. The van der Waals surface area contributed by atoms with Crippen LogP contribution in [0.2, 0.25) is 0 Å². The Hall–Kier alpha value is -1.29. The number of halogens is 2. The lowest BCUT2D eigenvalue weighted by molar-refractivity contribution is 0.326. The zero-order valence-corrected chi connectivity index (χ0v) is 9.43. The van der Waals surface area contributed by atoms with Crippen LogP contribution in [-0.4, -0.2) is 30.0 Å². The highest BCUT2D eigenvalue weighted by atomic mass is 19.1. The summed E-state index contributed by atoms with van der Waals surface area (Å²) in [7, 11) is 1.85. The summed E-state index contributed by atoms with van der Waals surface area (Å²) in [4.78, 5) is 5.59. The van der Waals surface area contributed by atoms with E-state index in [-0.39, 0.29) is 12.4 Å². The van der Waals surface area contributed by atoms with Crippen molar-refractivity contribution in [3.05, 3.63) is 35.2 Å². The SMILES string of the molecule is Cc1ccc(C2=C(F)CN(C)CC2)c(F)n1. The minimum atomic E-state index is -0.574. The van der Waals surface area contributed by atoms with Crippen molar-refractivity contribution in [1.82, 2.24) is 9.88 Å². The van der Waals surface area contributed by atoms with Crippen molar-refractivity contribution < 1.29 is 8.78 Å². The van der Waals surface area contributed by atoms with Crippen LogP contribution in [0.25, 0.3) is 5.57 Å². The molecule has 0 radical (unpaired) electrons. The molecule has 0 saturated carbocycles. The van der Waals surface area contributed by atoms with Gasteiger partial charge in [-0.25, -0.2) is 9.37 Å². The molecule has 16 heavy (non-hydrogen) atoms. The second-order valence-electron chi connectivity index (χ2n) is 4.16. The van der Waals surface area contributed by atoms with E-state index in [1.54, 1.807) is 19.1 Å². The minimum absolute atomic E-state index is 0.252. The quantitative estimate of drug-likeness (QED) is 0.681. The summed E-state index contributed by atoms with van der Waals surface area (Å²) in [5.74, 6) is -0.826. The highest BCUT2D eigenvalue weighted by Gasteiger charge is 2.20. The van der Waals surface area contributed by atoms with Gasteiger partial charge in [-0.2, -0.15) is 4.39 Å². The summed E-state index contributed by atoms with van der Waals surface area (Å²) in [6, 6.07) is 3.31. The predicted molar refractivity (Wildman–Crippen MR) is 59.1 cm³/mol. The zero-order chi connectivity index (χ0) is 11.7. The minimum Gasteiger partial charge on any atom is -0.299 e. The number of pyridine rings is 1. The third-order valence-electron chi connectivity index (χ3n) is 2.79. The van der Waals surface area contributed by atoms with Crippen LogP contribution in [0.15, 0.2) is 18.0 Å². The summed E-state index contributed by atoms with van der Waals surface area (Å²) >= 11 is 0. The molecule has 4 heteroatoms. The molecule has 0 atom stereocenters. The summed E-state index contributed by atoms with van der Waals surface area (Å²) < 4.78 is 27.3. The molecular formula is C12H14F2N2. The molecule has 2 heterocycles. The van der Waals surface area contributed by atoms with E-state index in [4.69, 9.17) is 0 Å². The molecular weight excluding hydrogens is 210 g/mol. The lowest BCUT2D eigenvalue weighted by Gasteiger charge is -2.23. The van der Waals surface area contributed by atoms with Gasteiger partial charge in [-0.3, -0.25) is 4.90 Å². The van der Waals surface area contributed by atoms with Crippen molar-refractivity contribution in [3.63, 3.8) is 0 Å². The van der Waals surface area contributed by atoms with Gasteiger partial charge in [0.25, 0.3) is 0 Å². The van der Waals surface area contributed by atoms with Gasteiger partial charge in [0.1, 0.15) is 5.83 Å². The Morgan fingerprint density at radius 3 is 2.69 bits per heavy atom. The molecule has 0 aromatic carbocycles. The molecule has 0 aliphatic carbocycles. The van der Waals surface area contributed by atoms with E-state index in [1.807, 2.05) is 11.9 Å². The Kier molecular flexibility index (Phi) is 3.01. The molecule has 0 bridgehead atoms. The van der Waals surface area contributed by atoms with E-state index in [0.29, 0.717) is 23.3 Å². The third-order valence-corrected chi connectivity index (χ3v) is 2.79. The van der Waals surface area contributed by atoms with Crippen molar-refractivity contribution >= 4 is 5.57 Å². The van der Waals surface area contributed by atoms with Crippen LogP contribution in [0.4, 0.5) is 8.78 Å². The monoisotopic (exact) mass is 224 g/mol. The van der Waals surface area contributed by atoms with Gasteiger partial charge in [0.05, 0.1) is 6.54 Å². The van der Waals surface area contributed by atoms with E-state index in [0.717, 1.165) is 6.54 Å². The largest absolute Gasteiger partial charge is 0.299 e. The Labute approximate surface area is 93.6 Å². The van der Waals surface area contributed by atoms with Gasteiger partial charge in [0.15, 0.2) is 0 Å². The summed E-state index contributed by atoms with van der Waals surface area (Å²) in [5.41, 5.74) is 1.37. The molecule has 0 spiro atoms. The summed E-state index contributed by atoms with van der Waals surface area (Å²) in [6.45, 7) is 2.71. The average Bonchev–Trinajstić information content (AvgIpc) is 2.19. The Balaban J connectivity index is 2.40. The van der Waals surface area contributed by atoms with E-state index in [9.17, 15) is 8.78 Å². The molecule has 0 saturated heterocycles. The van der Waals surface area contributed by atoms with Gasteiger partial charge in [0, 0.05) is 17.8 Å². The second-order valence-corrected chi connectivity index (χ2v) is 4.16. The van der Waals surface area contributed by atoms with E-state index in [2.05, 4.69) is 4.98 Å². The Morgan fingerprint density at radius 2 is 2.06 bits per heavy atom. The van der Waals surface area contributed by atoms with Crippen LogP contribution in [0.1, 0.15) is 17.7 Å². The van der Waals surface area contributed by atoms with Gasteiger partial charge >= 0.3 is 0 Å². The number of nitrogens with zero attached hydrogens (tertiary/aromatic N) is 2. The number of hydrogen-bond donors (Lipinski definition) is 0. The van der Waals surface area contributed by atoms with Crippen LogP contribution in [-0.2, 0) is 0 Å². The predicted octanol–water partition coefficient (Wildman–Crippen LogP) is 2.55. The van der Waals surface area contributed by atoms with Crippen molar-refractivity contribution in [2.45, 2.75) is 13.3 Å². The number of aryl methyl sites for hydroxylation is 1. The first-order valence-electron chi connectivity index (χ1n) is 5.27. The fourth-order valence-electron chi connectivity index (χ4n) is 1.88. The number of aromatic nitrogens is 1. The highest BCUT2D eigenvalue weighted by Crippen LogP contribution is 2.28. The summed E-state index contributed by atoms with van der Waals surface area (Å²) in [5, 5.41) is 0. The van der Waals surface area contributed by atoms with Crippen molar-refractivity contribution in [3.8, 4) is 0 Å². The first kappa shape index (κ1) is 11.2. The molecule has 2 nitrogen and oxygen atoms in total. The lowest BCUT2D eigenvalue weighted by atomic mass is 10.00. The molecule has 0 N–H and O–H groups in total. The normalized spacial score (nSPS) is 18.0. The maximum Gasteiger partial charge on any atom is 0.220 e. The third kappa shape index (κ3) is 2.11. The van der Waals surface area contributed by atoms with Gasteiger partial charge in [-0.1, -0.05) is 0 Å². The second kappa shape index (κ2) is 4.29. The van der Waals surface area contributed by atoms with Gasteiger partial charge in [-0.05, 0) is 38.1 Å². The Bertz CT molecular complexity index is 441. The molecule has 86 valence electrons. The molecule has 0 fully saturated rings. The lowest BCUT2D eigenvalue weighted by Crippen LogP contribution is -2.26. The Morgan fingerprint density at radius 1 is 1.31 bits per heavy atom. The van der Waals surface area contributed by atoms with Gasteiger partial charge in [0.2, 0.25) is 5.95 Å². The fraction of sp³-hybridized carbons (Fsp3) is 0.417. The van der Waals surface area contributed by atoms with Crippen molar-refractivity contribution in [2.24, 2.45) is 0 Å². The first-order chi connectivity index (χ1) is 7.58. The van der Waals surface area contributed by atoms with Gasteiger partial charge in [-0.15, -0.1) is 0 Å². The topological polar surface area (TPSA) is 16.1 Å². The van der Waals surface area contributed by atoms with E-state index < -0.39 is 5.95 Å². The fourth-order valence-corrected chi connectivity index (χ4v) is 1.88. The van der Waals surface area contributed by atoms with Crippen molar-refractivity contribution in [2.75, 3.05) is 20.1 Å². The number of rotatable bonds is 1. The molecule has 1 aromatic heterocycles. The number of likely N-dealkylation sites (N-methyl/N-ethyl adjacent to an activating group) is 1. The molecule has 2 rings (SSSR count). The summed E-state index contributed by atoms with van der Waals surface area (Å²) in [6.07, 6.45) is 0.532. The molecule has 1 aromatic rings. The maximum absolute atomic E-state index is 13.7. The first-order valence-corrected chi connectivity index (χ1v) is 5.27. The van der Waals surface area contributed by atoms with Crippen molar-refractivity contribution in [1.29, 1.82) is 0 Å². The molecule has 1 aliphatic heterocycles.